The Morgan fingerprint density at radius 3 is 2.62 bits per heavy atom. The summed E-state index contributed by atoms with van der Waals surface area (Å²) in [5, 5.41) is 7.22. The monoisotopic (exact) mass is 409 g/mol. The van der Waals surface area contributed by atoms with Crippen LogP contribution < -0.4 is 10.1 Å². The van der Waals surface area contributed by atoms with Crippen LogP contribution in [0.4, 0.5) is 14.5 Å². The zero-order valence-electron chi connectivity index (χ0n) is 16.7. The van der Waals surface area contributed by atoms with Crippen molar-refractivity contribution >= 4 is 11.6 Å². The largest absolute Gasteiger partial charge is 0.494 e. The molecule has 29 heavy (non-hydrogen) atoms. The topological polar surface area (TPSA) is 74.6 Å². The van der Waals surface area contributed by atoms with E-state index in [9.17, 15) is 13.6 Å². The van der Waals surface area contributed by atoms with Crippen LogP contribution >= 0.6 is 0 Å². The van der Waals surface area contributed by atoms with Gasteiger partial charge in [0, 0.05) is 0 Å². The van der Waals surface area contributed by atoms with Crippen molar-refractivity contribution in [3.8, 4) is 5.75 Å². The molecule has 2 atom stereocenters. The number of nitrogens with zero attached hydrogens (tertiary/aromatic N) is 2. The van der Waals surface area contributed by atoms with Crippen molar-refractivity contribution in [1.82, 2.24) is 9.78 Å². The van der Waals surface area contributed by atoms with E-state index in [1.165, 1.54) is 19.2 Å². The zero-order chi connectivity index (χ0) is 21.0. The number of amides is 1. The normalized spacial score (nSPS) is 21.1. The number of nitrogens with one attached hydrogen (secondary N) is 1. The Kier molecular flexibility index (Phi) is 6.81. The maximum absolute atomic E-state index is 12.5. The smallest absolute Gasteiger partial charge is 0.253 e. The van der Waals surface area contributed by atoms with E-state index in [0.29, 0.717) is 19.3 Å². The van der Waals surface area contributed by atoms with Crippen LogP contribution in [-0.2, 0) is 14.3 Å². The Morgan fingerprint density at radius 1 is 1.31 bits per heavy atom. The summed E-state index contributed by atoms with van der Waals surface area (Å²) < 4.78 is 42.0. The molecule has 158 valence electrons. The van der Waals surface area contributed by atoms with Crippen LogP contribution in [0.1, 0.15) is 31.5 Å². The highest BCUT2D eigenvalue weighted by atomic mass is 19.2. The highest BCUT2D eigenvalue weighted by Crippen LogP contribution is 2.25. The molecule has 9 heteroatoms. The molecule has 2 unspecified atom stereocenters. The lowest BCUT2D eigenvalue weighted by Gasteiger charge is -2.27. The van der Waals surface area contributed by atoms with Crippen LogP contribution in [-0.4, -0.2) is 48.2 Å². The molecule has 0 spiro atoms. The molecule has 1 amide bonds. The molecule has 0 bridgehead atoms. The number of aromatic nitrogens is 2. The Labute approximate surface area is 167 Å². The van der Waals surface area contributed by atoms with Gasteiger partial charge in [0.15, 0.2) is 11.6 Å². The minimum atomic E-state index is -0.940. The lowest BCUT2D eigenvalue weighted by Crippen LogP contribution is -2.32. The Balaban J connectivity index is 0.000000204. The molecule has 2 saturated heterocycles. The molecule has 4 rings (SSSR count). The van der Waals surface area contributed by atoms with Gasteiger partial charge in [0.25, 0.3) is 5.91 Å². The summed E-state index contributed by atoms with van der Waals surface area (Å²) in [5.41, 5.74) is 1.73. The van der Waals surface area contributed by atoms with Gasteiger partial charge in [-0.25, -0.2) is 4.39 Å². The number of halogens is 2. The Hall–Kier alpha value is -2.52. The van der Waals surface area contributed by atoms with Crippen molar-refractivity contribution in [1.29, 1.82) is 0 Å². The molecule has 0 aliphatic carbocycles. The van der Waals surface area contributed by atoms with Crippen molar-refractivity contribution < 1.29 is 27.8 Å². The number of carbonyl (C=O) groups is 1. The minimum Gasteiger partial charge on any atom is -0.494 e. The number of carbonyl (C=O) groups excluding carboxylic acids is 1. The van der Waals surface area contributed by atoms with Crippen molar-refractivity contribution in [3.63, 3.8) is 0 Å². The predicted molar refractivity (Wildman–Crippen MR) is 102 cm³/mol. The van der Waals surface area contributed by atoms with Crippen LogP contribution in [0.5, 0.6) is 5.75 Å². The summed E-state index contributed by atoms with van der Waals surface area (Å²) in [5.74, 6) is -1.97. The van der Waals surface area contributed by atoms with E-state index in [0.717, 1.165) is 30.3 Å². The molecule has 2 aromatic rings. The lowest BCUT2D eigenvalue weighted by atomic mass is 10.2. The molecule has 0 radical (unpaired) electrons. The first-order valence-electron chi connectivity index (χ1n) is 9.46. The van der Waals surface area contributed by atoms with Crippen molar-refractivity contribution in [2.75, 3.05) is 25.6 Å². The van der Waals surface area contributed by atoms with Gasteiger partial charge in [-0.2, -0.15) is 9.49 Å². The Bertz CT molecular complexity index is 854. The number of ether oxygens (including phenoxy) is 3. The first-order chi connectivity index (χ1) is 13.9. The van der Waals surface area contributed by atoms with E-state index < -0.39 is 11.6 Å². The molecule has 1 N–H and O–H groups in total. The van der Waals surface area contributed by atoms with E-state index in [-0.39, 0.29) is 23.9 Å². The highest BCUT2D eigenvalue weighted by molar-refractivity contribution is 5.94. The number of hydrogen-bond acceptors (Lipinski definition) is 5. The number of methoxy groups -OCH3 is 1. The van der Waals surface area contributed by atoms with E-state index >= 15 is 0 Å². The average Bonchev–Trinajstić information content (AvgIpc) is 3.24. The van der Waals surface area contributed by atoms with Gasteiger partial charge >= 0.3 is 0 Å². The molecule has 1 aromatic carbocycles. The third-order valence-corrected chi connectivity index (χ3v) is 4.93. The van der Waals surface area contributed by atoms with Crippen LogP contribution in [0.25, 0.3) is 0 Å². The van der Waals surface area contributed by atoms with Gasteiger partial charge in [-0.15, -0.1) is 0 Å². The molecule has 2 aliphatic rings. The van der Waals surface area contributed by atoms with E-state index in [2.05, 4.69) is 15.2 Å². The minimum absolute atomic E-state index is 0.0694. The number of hydrogen-bond donors (Lipinski definition) is 1. The van der Waals surface area contributed by atoms with Gasteiger partial charge < -0.3 is 19.5 Å². The second-order valence-electron chi connectivity index (χ2n) is 7.04. The average molecular weight is 409 g/mol. The summed E-state index contributed by atoms with van der Waals surface area (Å²) in [4.78, 5) is 12.1. The fraction of sp³-hybridized carbons (Fsp3) is 0.500. The molecule has 2 fully saturated rings. The summed E-state index contributed by atoms with van der Waals surface area (Å²) in [6.07, 6.45) is 3.27. The summed E-state index contributed by atoms with van der Waals surface area (Å²) in [7, 11) is 1.29. The number of anilines is 1. The van der Waals surface area contributed by atoms with Crippen LogP contribution in [0.2, 0.25) is 0 Å². The van der Waals surface area contributed by atoms with Crippen molar-refractivity contribution in [2.24, 2.45) is 0 Å². The summed E-state index contributed by atoms with van der Waals surface area (Å²) >= 11 is 0. The quantitative estimate of drug-likeness (QED) is 0.839. The third-order valence-electron chi connectivity index (χ3n) is 4.93. The third kappa shape index (κ3) is 4.91. The second kappa shape index (κ2) is 9.32. The van der Waals surface area contributed by atoms with Gasteiger partial charge in [-0.05, 0) is 38.8 Å². The Morgan fingerprint density at radius 2 is 2.07 bits per heavy atom. The van der Waals surface area contributed by atoms with Gasteiger partial charge in [0.2, 0.25) is 5.82 Å². The van der Waals surface area contributed by atoms with Gasteiger partial charge in [-0.3, -0.25) is 9.48 Å². The molecule has 0 saturated carbocycles. The van der Waals surface area contributed by atoms with Gasteiger partial charge in [0.1, 0.15) is 6.10 Å². The molecular formula is C20H25F2N3O4. The molecule has 2 aliphatic heterocycles. The van der Waals surface area contributed by atoms with Gasteiger partial charge in [0.05, 0.1) is 50.0 Å². The lowest BCUT2D eigenvalue weighted by molar-refractivity contribution is -0.126. The summed E-state index contributed by atoms with van der Waals surface area (Å²) in [6.45, 7) is 5.34. The first-order valence-corrected chi connectivity index (χ1v) is 9.46. The second-order valence-corrected chi connectivity index (χ2v) is 7.04. The number of benzene rings is 1. The molecule has 3 heterocycles. The van der Waals surface area contributed by atoms with Gasteiger partial charge in [-0.1, -0.05) is 6.07 Å². The predicted octanol–water partition coefficient (Wildman–Crippen LogP) is 3.24. The van der Waals surface area contributed by atoms with E-state index in [1.54, 1.807) is 6.20 Å². The fourth-order valence-corrected chi connectivity index (χ4v) is 3.13. The van der Waals surface area contributed by atoms with E-state index in [1.807, 2.05) is 18.5 Å². The fourth-order valence-electron chi connectivity index (χ4n) is 3.13. The van der Waals surface area contributed by atoms with Crippen molar-refractivity contribution in [3.05, 3.63) is 41.7 Å². The van der Waals surface area contributed by atoms with Crippen LogP contribution in [0, 0.1) is 18.6 Å². The number of rotatable bonds is 4. The standard InChI is InChI=1S/C13H19N3O3.C7H6F2O/c1-8-3-4-12(19-8)13(17)15-11-5-14-16(9(11)2)10-6-18-7-10;1-10-6-4-2-3-5(8)7(6)9/h5,8,10,12H,3-4,6-7H2,1-2H3,(H,15,17);2-4H,1H3. The SMILES string of the molecule is COc1cccc(F)c1F.Cc1c(NC(=O)C2CCC(C)O2)cnn1C1COC1. The first kappa shape index (κ1) is 21.2. The zero-order valence-corrected chi connectivity index (χ0v) is 16.7. The maximum atomic E-state index is 12.5. The molecule has 1 aromatic heterocycles. The van der Waals surface area contributed by atoms with Crippen molar-refractivity contribution in [2.45, 2.75) is 44.9 Å². The molecular weight excluding hydrogens is 384 g/mol. The molecule has 7 nitrogen and oxygen atoms in total. The summed E-state index contributed by atoms with van der Waals surface area (Å²) in [6, 6.07) is 4.08. The maximum Gasteiger partial charge on any atom is 0.253 e. The van der Waals surface area contributed by atoms with E-state index in [4.69, 9.17) is 9.47 Å². The van der Waals surface area contributed by atoms with Crippen LogP contribution in [0.3, 0.4) is 0 Å². The highest BCUT2D eigenvalue weighted by Gasteiger charge is 2.29. The van der Waals surface area contributed by atoms with Crippen LogP contribution in [0.15, 0.2) is 24.4 Å².